The number of hydrogen-bond acceptors (Lipinski definition) is 4. The third kappa shape index (κ3) is 6.13. The van der Waals surface area contributed by atoms with E-state index in [1.807, 2.05) is 24.3 Å². The second-order valence-corrected chi connectivity index (χ2v) is 7.54. The molecule has 1 N–H and O–H groups in total. The smallest absolute Gasteiger partial charge is 0.251 e. The van der Waals surface area contributed by atoms with E-state index in [1.54, 1.807) is 18.3 Å². The topological polar surface area (TPSA) is 60.5 Å². The first-order valence-corrected chi connectivity index (χ1v) is 10.3. The summed E-state index contributed by atoms with van der Waals surface area (Å²) in [7, 11) is 0. The van der Waals surface area contributed by atoms with E-state index in [4.69, 9.17) is 21.1 Å². The molecule has 0 aliphatic heterocycles. The summed E-state index contributed by atoms with van der Waals surface area (Å²) in [5.74, 6) is 1.36. The molecular formula is C22H27ClN2O3. The number of benzene rings is 1. The van der Waals surface area contributed by atoms with Crippen molar-refractivity contribution in [2.24, 2.45) is 0 Å². The highest BCUT2D eigenvalue weighted by atomic mass is 35.5. The quantitative estimate of drug-likeness (QED) is 0.629. The van der Waals surface area contributed by atoms with Gasteiger partial charge in [0.25, 0.3) is 5.91 Å². The summed E-state index contributed by atoms with van der Waals surface area (Å²) < 4.78 is 11.5. The molecule has 1 aromatic heterocycles. The maximum absolute atomic E-state index is 12.5. The number of hydrogen-bond donors (Lipinski definition) is 1. The Bertz CT molecular complexity index is 741. The molecule has 1 fully saturated rings. The van der Waals surface area contributed by atoms with E-state index in [0.717, 1.165) is 44.3 Å². The van der Waals surface area contributed by atoms with Crippen molar-refractivity contribution in [1.29, 1.82) is 0 Å². The third-order valence-corrected chi connectivity index (χ3v) is 5.10. The van der Waals surface area contributed by atoms with Crippen LogP contribution in [0, 0.1) is 0 Å². The summed E-state index contributed by atoms with van der Waals surface area (Å²) >= 11 is 5.84. The molecule has 3 rings (SSSR count). The van der Waals surface area contributed by atoms with Crippen LogP contribution in [-0.2, 0) is 0 Å². The fourth-order valence-corrected chi connectivity index (χ4v) is 3.35. The minimum absolute atomic E-state index is 0.0381. The van der Waals surface area contributed by atoms with E-state index in [2.05, 4.69) is 17.2 Å². The van der Waals surface area contributed by atoms with Gasteiger partial charge in [0.1, 0.15) is 11.9 Å². The number of nitrogens with one attached hydrogen (secondary N) is 1. The van der Waals surface area contributed by atoms with Crippen LogP contribution in [0.4, 0.5) is 0 Å². The van der Waals surface area contributed by atoms with E-state index in [1.165, 1.54) is 0 Å². The summed E-state index contributed by atoms with van der Waals surface area (Å²) in [4.78, 5) is 16.7. The van der Waals surface area contributed by atoms with Gasteiger partial charge < -0.3 is 14.8 Å². The summed E-state index contributed by atoms with van der Waals surface area (Å²) in [6, 6.07) is 11.1. The van der Waals surface area contributed by atoms with E-state index >= 15 is 0 Å². The number of carbonyl (C=O) groups excluding carboxylic acids is 1. The number of pyridine rings is 1. The molecular weight excluding hydrogens is 376 g/mol. The first kappa shape index (κ1) is 20.5. The minimum atomic E-state index is -0.0381. The van der Waals surface area contributed by atoms with Gasteiger partial charge in [-0.15, -0.1) is 0 Å². The number of amides is 1. The molecule has 6 heteroatoms. The SMILES string of the molecule is CCCCOc1ccc(C(=O)NC2CCC(Oc3ccc(Cl)cn3)CC2)cc1. The van der Waals surface area contributed by atoms with Crippen molar-refractivity contribution in [2.75, 3.05) is 6.61 Å². The highest BCUT2D eigenvalue weighted by Crippen LogP contribution is 2.24. The molecule has 0 unspecified atom stereocenters. The first-order chi connectivity index (χ1) is 13.6. The molecule has 1 amide bonds. The van der Waals surface area contributed by atoms with Crippen LogP contribution in [0.25, 0.3) is 0 Å². The zero-order valence-corrected chi connectivity index (χ0v) is 17.0. The van der Waals surface area contributed by atoms with Crippen molar-refractivity contribution in [3.8, 4) is 11.6 Å². The number of unbranched alkanes of at least 4 members (excludes halogenated alkanes) is 1. The lowest BCUT2D eigenvalue weighted by atomic mass is 9.92. The highest BCUT2D eigenvalue weighted by Gasteiger charge is 2.24. The van der Waals surface area contributed by atoms with Crippen LogP contribution in [0.5, 0.6) is 11.6 Å². The maximum atomic E-state index is 12.5. The Balaban J connectivity index is 1.42. The standard InChI is InChI=1S/C22H27ClN2O3/c1-2-3-14-27-19-9-4-16(5-10-19)22(26)25-18-7-11-20(12-8-18)28-21-13-6-17(23)15-24-21/h4-6,9-10,13,15,18,20H,2-3,7-8,11-12,14H2,1H3,(H,25,26). The molecule has 1 aliphatic carbocycles. The Hall–Kier alpha value is -2.27. The molecule has 28 heavy (non-hydrogen) atoms. The van der Waals surface area contributed by atoms with Gasteiger partial charge in [0, 0.05) is 23.9 Å². The van der Waals surface area contributed by atoms with E-state index in [-0.39, 0.29) is 18.1 Å². The van der Waals surface area contributed by atoms with E-state index < -0.39 is 0 Å². The van der Waals surface area contributed by atoms with Crippen LogP contribution < -0.4 is 14.8 Å². The summed E-state index contributed by atoms with van der Waals surface area (Å²) in [5.41, 5.74) is 0.659. The molecule has 1 saturated carbocycles. The van der Waals surface area contributed by atoms with Crippen LogP contribution in [0.3, 0.4) is 0 Å². The van der Waals surface area contributed by atoms with Crippen LogP contribution in [0.1, 0.15) is 55.8 Å². The molecule has 5 nitrogen and oxygen atoms in total. The lowest BCUT2D eigenvalue weighted by molar-refractivity contribution is 0.0890. The molecule has 0 bridgehead atoms. The van der Waals surface area contributed by atoms with Gasteiger partial charge in [-0.1, -0.05) is 24.9 Å². The number of rotatable bonds is 8. The fraction of sp³-hybridized carbons (Fsp3) is 0.455. The van der Waals surface area contributed by atoms with Gasteiger partial charge in [0.2, 0.25) is 5.88 Å². The van der Waals surface area contributed by atoms with Crippen molar-refractivity contribution in [1.82, 2.24) is 10.3 Å². The average molecular weight is 403 g/mol. The van der Waals surface area contributed by atoms with Gasteiger partial charge in [0.05, 0.1) is 11.6 Å². The van der Waals surface area contributed by atoms with Crippen molar-refractivity contribution in [2.45, 2.75) is 57.6 Å². The van der Waals surface area contributed by atoms with E-state index in [9.17, 15) is 4.79 Å². The number of carbonyl (C=O) groups is 1. The zero-order valence-electron chi connectivity index (χ0n) is 16.2. The van der Waals surface area contributed by atoms with Gasteiger partial charge in [-0.2, -0.15) is 0 Å². The predicted molar refractivity (Wildman–Crippen MR) is 110 cm³/mol. The number of aromatic nitrogens is 1. The van der Waals surface area contributed by atoms with Gasteiger partial charge >= 0.3 is 0 Å². The Morgan fingerprint density at radius 3 is 2.54 bits per heavy atom. The largest absolute Gasteiger partial charge is 0.494 e. The van der Waals surface area contributed by atoms with Crippen LogP contribution >= 0.6 is 11.6 Å². The highest BCUT2D eigenvalue weighted by molar-refractivity contribution is 6.30. The van der Waals surface area contributed by atoms with Crippen LogP contribution in [-0.4, -0.2) is 29.6 Å². The molecule has 0 spiro atoms. The molecule has 1 aromatic carbocycles. The summed E-state index contributed by atoms with van der Waals surface area (Å²) in [5, 5.41) is 3.73. The van der Waals surface area contributed by atoms with Gasteiger partial charge in [-0.3, -0.25) is 4.79 Å². The zero-order chi connectivity index (χ0) is 19.8. The van der Waals surface area contributed by atoms with Gasteiger partial charge in [-0.25, -0.2) is 4.98 Å². The third-order valence-electron chi connectivity index (χ3n) is 4.88. The Kier molecular flexibility index (Phi) is 7.54. The molecule has 2 aromatic rings. The Morgan fingerprint density at radius 2 is 1.89 bits per heavy atom. The van der Waals surface area contributed by atoms with Gasteiger partial charge in [0.15, 0.2) is 0 Å². The normalized spacial score (nSPS) is 19.1. The second-order valence-electron chi connectivity index (χ2n) is 7.11. The lowest BCUT2D eigenvalue weighted by Gasteiger charge is -2.29. The Labute approximate surface area is 171 Å². The molecule has 0 radical (unpaired) electrons. The first-order valence-electron chi connectivity index (χ1n) is 9.96. The summed E-state index contributed by atoms with van der Waals surface area (Å²) in [6.45, 7) is 2.84. The monoisotopic (exact) mass is 402 g/mol. The summed E-state index contributed by atoms with van der Waals surface area (Å²) in [6.07, 6.45) is 7.40. The minimum Gasteiger partial charge on any atom is -0.494 e. The number of halogens is 1. The molecule has 1 heterocycles. The predicted octanol–water partition coefficient (Wildman–Crippen LogP) is 5.03. The van der Waals surface area contributed by atoms with Crippen molar-refractivity contribution < 1.29 is 14.3 Å². The second kappa shape index (κ2) is 10.3. The fourth-order valence-electron chi connectivity index (χ4n) is 3.23. The van der Waals surface area contributed by atoms with Crippen LogP contribution in [0.2, 0.25) is 5.02 Å². The molecule has 1 aliphatic rings. The van der Waals surface area contributed by atoms with Crippen molar-refractivity contribution in [3.63, 3.8) is 0 Å². The molecule has 0 atom stereocenters. The maximum Gasteiger partial charge on any atom is 0.251 e. The van der Waals surface area contributed by atoms with Crippen molar-refractivity contribution in [3.05, 3.63) is 53.2 Å². The van der Waals surface area contributed by atoms with E-state index in [0.29, 0.717) is 23.1 Å². The molecule has 150 valence electrons. The van der Waals surface area contributed by atoms with Crippen molar-refractivity contribution >= 4 is 17.5 Å². The Morgan fingerprint density at radius 1 is 1.14 bits per heavy atom. The lowest BCUT2D eigenvalue weighted by Crippen LogP contribution is -2.39. The average Bonchev–Trinajstić information content (AvgIpc) is 2.72. The van der Waals surface area contributed by atoms with Crippen LogP contribution in [0.15, 0.2) is 42.6 Å². The molecule has 0 saturated heterocycles. The van der Waals surface area contributed by atoms with Gasteiger partial charge in [-0.05, 0) is 62.4 Å². The number of ether oxygens (including phenoxy) is 2. The number of nitrogens with zero attached hydrogens (tertiary/aromatic N) is 1.